The molecule has 110 valence electrons. The summed E-state index contributed by atoms with van der Waals surface area (Å²) in [7, 11) is 0. The van der Waals surface area contributed by atoms with E-state index in [0.29, 0.717) is 12.1 Å². The summed E-state index contributed by atoms with van der Waals surface area (Å²) in [4.78, 5) is 2.69. The number of hydrogen-bond acceptors (Lipinski definition) is 3. The number of nitrogens with zero attached hydrogens (tertiary/aromatic N) is 1. The van der Waals surface area contributed by atoms with Crippen LogP contribution in [0.3, 0.4) is 0 Å². The largest absolute Gasteiger partial charge is 0.371 e. The van der Waals surface area contributed by atoms with Crippen LogP contribution in [0.25, 0.3) is 0 Å². The van der Waals surface area contributed by atoms with Crippen LogP contribution >= 0.6 is 0 Å². The van der Waals surface area contributed by atoms with Gasteiger partial charge in [0.25, 0.3) is 0 Å². The highest BCUT2D eigenvalue weighted by molar-refractivity contribution is 4.93. The van der Waals surface area contributed by atoms with Gasteiger partial charge in [-0.1, -0.05) is 0 Å². The Morgan fingerprint density at radius 1 is 1.21 bits per heavy atom. The number of nitrogens with one attached hydrogen (secondary N) is 1. The van der Waals surface area contributed by atoms with Crippen LogP contribution in [-0.4, -0.2) is 48.3 Å². The van der Waals surface area contributed by atoms with Gasteiger partial charge >= 0.3 is 0 Å². The Labute approximate surface area is 118 Å². The van der Waals surface area contributed by atoms with E-state index in [9.17, 15) is 0 Å². The van der Waals surface area contributed by atoms with Crippen LogP contribution in [0.1, 0.15) is 52.9 Å². The van der Waals surface area contributed by atoms with E-state index >= 15 is 0 Å². The minimum Gasteiger partial charge on any atom is -0.371 e. The third-order valence-corrected chi connectivity index (χ3v) is 5.21. The molecule has 3 unspecified atom stereocenters. The van der Waals surface area contributed by atoms with Crippen LogP contribution in [-0.2, 0) is 4.74 Å². The van der Waals surface area contributed by atoms with Gasteiger partial charge in [0, 0.05) is 25.2 Å². The highest BCUT2D eigenvalue weighted by Crippen LogP contribution is 2.35. The second-order valence-corrected chi connectivity index (χ2v) is 7.53. The van der Waals surface area contributed by atoms with Gasteiger partial charge in [0.2, 0.25) is 0 Å². The van der Waals surface area contributed by atoms with Crippen molar-refractivity contribution >= 4 is 0 Å². The van der Waals surface area contributed by atoms with Crippen molar-refractivity contribution in [3.8, 4) is 0 Å². The predicted octanol–water partition coefficient (Wildman–Crippen LogP) is 2.41. The average Bonchev–Trinajstić information content (AvgIpc) is 3.12. The molecule has 3 fully saturated rings. The molecule has 3 atom stereocenters. The van der Waals surface area contributed by atoms with Gasteiger partial charge in [0.05, 0.1) is 11.7 Å². The molecule has 0 bridgehead atoms. The van der Waals surface area contributed by atoms with E-state index in [2.05, 4.69) is 31.0 Å². The van der Waals surface area contributed by atoms with Gasteiger partial charge in [-0.2, -0.15) is 0 Å². The lowest BCUT2D eigenvalue weighted by Crippen LogP contribution is -2.44. The van der Waals surface area contributed by atoms with Gasteiger partial charge < -0.3 is 10.1 Å². The van der Waals surface area contributed by atoms with E-state index < -0.39 is 0 Å². The SMILES string of the molecule is CC1CCNC(C2CC2)CN1CC1CCC(C)(C)O1. The fourth-order valence-electron chi connectivity index (χ4n) is 3.69. The molecule has 1 saturated carbocycles. The summed E-state index contributed by atoms with van der Waals surface area (Å²) in [6.45, 7) is 10.4. The Morgan fingerprint density at radius 3 is 2.63 bits per heavy atom. The molecular formula is C16H30N2O. The fraction of sp³-hybridized carbons (Fsp3) is 1.00. The van der Waals surface area contributed by atoms with Crippen molar-refractivity contribution in [3.63, 3.8) is 0 Å². The molecule has 3 rings (SSSR count). The lowest BCUT2D eigenvalue weighted by molar-refractivity contribution is -0.0332. The second-order valence-electron chi connectivity index (χ2n) is 7.53. The van der Waals surface area contributed by atoms with Crippen molar-refractivity contribution in [3.05, 3.63) is 0 Å². The summed E-state index contributed by atoms with van der Waals surface area (Å²) in [6, 6.07) is 1.43. The van der Waals surface area contributed by atoms with E-state index in [1.807, 2.05) is 0 Å². The van der Waals surface area contributed by atoms with E-state index in [1.165, 1.54) is 45.2 Å². The number of ether oxygens (including phenoxy) is 1. The maximum Gasteiger partial charge on any atom is 0.0710 e. The Bertz CT molecular complexity index is 314. The first-order valence-electron chi connectivity index (χ1n) is 8.19. The summed E-state index contributed by atoms with van der Waals surface area (Å²) < 4.78 is 6.19. The smallest absolute Gasteiger partial charge is 0.0710 e. The summed E-state index contributed by atoms with van der Waals surface area (Å²) in [5, 5.41) is 3.76. The minimum atomic E-state index is 0.105. The van der Waals surface area contributed by atoms with Gasteiger partial charge in [-0.3, -0.25) is 4.90 Å². The normalized spacial score (nSPS) is 40.3. The van der Waals surface area contributed by atoms with Gasteiger partial charge in [0.15, 0.2) is 0 Å². The topological polar surface area (TPSA) is 24.5 Å². The maximum atomic E-state index is 6.19. The van der Waals surface area contributed by atoms with Crippen molar-refractivity contribution in [2.45, 2.75) is 76.7 Å². The quantitative estimate of drug-likeness (QED) is 0.849. The number of rotatable bonds is 3. The van der Waals surface area contributed by atoms with Crippen molar-refractivity contribution < 1.29 is 4.74 Å². The first-order valence-corrected chi connectivity index (χ1v) is 8.19. The molecule has 2 heterocycles. The van der Waals surface area contributed by atoms with Gasteiger partial charge in [0.1, 0.15) is 0 Å². The second kappa shape index (κ2) is 5.34. The summed E-state index contributed by atoms with van der Waals surface area (Å²) in [6.07, 6.45) is 7.05. The Hall–Kier alpha value is -0.120. The van der Waals surface area contributed by atoms with Crippen LogP contribution in [0, 0.1) is 5.92 Å². The number of hydrogen-bond donors (Lipinski definition) is 1. The monoisotopic (exact) mass is 266 g/mol. The zero-order valence-corrected chi connectivity index (χ0v) is 12.8. The molecule has 0 radical (unpaired) electrons. The Kier molecular flexibility index (Phi) is 3.89. The van der Waals surface area contributed by atoms with Crippen LogP contribution in [0.4, 0.5) is 0 Å². The lowest BCUT2D eigenvalue weighted by atomic mass is 10.0. The molecule has 0 aromatic heterocycles. The molecule has 0 spiro atoms. The summed E-state index contributed by atoms with van der Waals surface area (Å²) in [5.74, 6) is 0.953. The molecule has 3 aliphatic rings. The molecule has 2 aliphatic heterocycles. The van der Waals surface area contributed by atoms with E-state index in [1.54, 1.807) is 0 Å². The third kappa shape index (κ3) is 3.50. The molecule has 0 amide bonds. The molecular weight excluding hydrogens is 236 g/mol. The Morgan fingerprint density at radius 2 is 2.00 bits per heavy atom. The van der Waals surface area contributed by atoms with E-state index in [0.717, 1.165) is 18.5 Å². The van der Waals surface area contributed by atoms with E-state index in [-0.39, 0.29) is 5.60 Å². The van der Waals surface area contributed by atoms with Gasteiger partial charge in [-0.25, -0.2) is 0 Å². The van der Waals surface area contributed by atoms with Crippen LogP contribution in [0.2, 0.25) is 0 Å². The van der Waals surface area contributed by atoms with Crippen molar-refractivity contribution in [2.24, 2.45) is 5.92 Å². The molecule has 3 nitrogen and oxygen atoms in total. The molecule has 2 saturated heterocycles. The van der Waals surface area contributed by atoms with Crippen LogP contribution in [0.5, 0.6) is 0 Å². The zero-order chi connectivity index (χ0) is 13.5. The molecule has 3 heteroatoms. The predicted molar refractivity (Wildman–Crippen MR) is 78.4 cm³/mol. The molecule has 0 aromatic rings. The summed E-state index contributed by atoms with van der Waals surface area (Å²) >= 11 is 0. The minimum absolute atomic E-state index is 0.105. The standard InChI is InChI=1S/C16H30N2O/c1-12-7-9-17-15(13-4-5-13)11-18(12)10-14-6-8-16(2,3)19-14/h12-15,17H,4-11H2,1-3H3. The highest BCUT2D eigenvalue weighted by Gasteiger charge is 2.37. The van der Waals surface area contributed by atoms with Crippen molar-refractivity contribution in [2.75, 3.05) is 19.6 Å². The van der Waals surface area contributed by atoms with Crippen LogP contribution in [0.15, 0.2) is 0 Å². The first kappa shape index (κ1) is 13.8. The third-order valence-electron chi connectivity index (χ3n) is 5.21. The first-order chi connectivity index (χ1) is 9.03. The molecule has 1 N–H and O–H groups in total. The lowest BCUT2D eigenvalue weighted by Gasteiger charge is -2.32. The van der Waals surface area contributed by atoms with Gasteiger partial charge in [-0.05, 0) is 65.3 Å². The van der Waals surface area contributed by atoms with Crippen LogP contribution < -0.4 is 5.32 Å². The Balaban J connectivity index is 1.57. The van der Waals surface area contributed by atoms with Crippen molar-refractivity contribution in [1.29, 1.82) is 0 Å². The fourth-order valence-corrected chi connectivity index (χ4v) is 3.69. The summed E-state index contributed by atoms with van der Waals surface area (Å²) in [5.41, 5.74) is 0.105. The molecule has 0 aromatic carbocycles. The molecule has 19 heavy (non-hydrogen) atoms. The maximum absolute atomic E-state index is 6.19. The average molecular weight is 266 g/mol. The van der Waals surface area contributed by atoms with E-state index in [4.69, 9.17) is 4.74 Å². The van der Waals surface area contributed by atoms with Crippen molar-refractivity contribution in [1.82, 2.24) is 10.2 Å². The molecule has 1 aliphatic carbocycles. The zero-order valence-electron chi connectivity index (χ0n) is 12.8. The van der Waals surface area contributed by atoms with Gasteiger partial charge in [-0.15, -0.1) is 0 Å². The highest BCUT2D eigenvalue weighted by atomic mass is 16.5.